The summed E-state index contributed by atoms with van der Waals surface area (Å²) in [6.45, 7) is 3.15. The van der Waals surface area contributed by atoms with Crippen LogP contribution in [0.4, 0.5) is 4.39 Å². The fraction of sp³-hybridized carbons (Fsp3) is 0.318. The molecule has 1 heterocycles. The van der Waals surface area contributed by atoms with Crippen LogP contribution in [0.15, 0.2) is 35.2 Å². The predicted octanol–water partition coefficient (Wildman–Crippen LogP) is 2.89. The zero-order valence-corrected chi connectivity index (χ0v) is 20.6. The van der Waals surface area contributed by atoms with Gasteiger partial charge < -0.3 is 5.32 Å². The molecular formula is C22H22Cl2FN3O5S. The van der Waals surface area contributed by atoms with E-state index in [0.717, 1.165) is 12.1 Å². The lowest BCUT2D eigenvalue weighted by Gasteiger charge is -2.25. The number of rotatable bonds is 6. The van der Waals surface area contributed by atoms with Crippen LogP contribution in [0.5, 0.6) is 0 Å². The summed E-state index contributed by atoms with van der Waals surface area (Å²) in [5.41, 5.74) is 0.0112. The Morgan fingerprint density at radius 1 is 1.21 bits per heavy atom. The van der Waals surface area contributed by atoms with Gasteiger partial charge in [-0.05, 0) is 55.7 Å². The summed E-state index contributed by atoms with van der Waals surface area (Å²) in [5, 5.41) is 10.4. The van der Waals surface area contributed by atoms with Crippen molar-refractivity contribution in [3.05, 3.63) is 62.9 Å². The molecule has 3 amide bonds. The second-order valence-electron chi connectivity index (χ2n) is 8.47. The number of carbonyl (C=O) groups is 3. The predicted molar refractivity (Wildman–Crippen MR) is 124 cm³/mol. The molecule has 3 rings (SSSR count). The van der Waals surface area contributed by atoms with Gasteiger partial charge in [0.05, 0.1) is 11.3 Å². The molecule has 34 heavy (non-hydrogen) atoms. The number of benzene rings is 2. The van der Waals surface area contributed by atoms with Gasteiger partial charge in [0.2, 0.25) is 27.7 Å². The van der Waals surface area contributed by atoms with Crippen LogP contribution in [0.2, 0.25) is 10.0 Å². The van der Waals surface area contributed by atoms with E-state index < -0.39 is 43.9 Å². The van der Waals surface area contributed by atoms with E-state index in [9.17, 15) is 27.2 Å². The standard InChI is InChI=1S/C22H22Cl2FN3O5S/c1-22(2,12-3-5-17(16(25)9-12)34(26,32)33)21(31)27-10-11-7-14(23)19(15(24)8-11)13-4-6-18(29)28-20(13)30/h3,5,7-9,13H,4,6,10H2,1-2H3,(H,27,31)(H2,26,32,33)(H,28,29,30). The van der Waals surface area contributed by atoms with Crippen LogP contribution in [0.1, 0.15) is 49.3 Å². The highest BCUT2D eigenvalue weighted by atomic mass is 35.5. The SMILES string of the molecule is CC(C)(C(=O)NCc1cc(Cl)c(C2CCC(=O)NC2=O)c(Cl)c1)c1ccc(S(N)(=O)=O)c(F)c1. The Kier molecular flexibility index (Phi) is 7.37. The highest BCUT2D eigenvalue weighted by Gasteiger charge is 2.33. The summed E-state index contributed by atoms with van der Waals surface area (Å²) >= 11 is 12.8. The molecule has 1 fully saturated rings. The number of primary sulfonamides is 1. The van der Waals surface area contributed by atoms with E-state index in [0.29, 0.717) is 11.1 Å². The van der Waals surface area contributed by atoms with E-state index in [1.165, 1.54) is 6.07 Å². The maximum atomic E-state index is 14.3. The first-order chi connectivity index (χ1) is 15.7. The Labute approximate surface area is 206 Å². The quantitative estimate of drug-likeness (QED) is 0.494. The van der Waals surface area contributed by atoms with Gasteiger partial charge in [-0.3, -0.25) is 19.7 Å². The summed E-state index contributed by atoms with van der Waals surface area (Å²) in [4.78, 5) is 35.8. The molecule has 2 aromatic carbocycles. The van der Waals surface area contributed by atoms with Gasteiger partial charge in [-0.25, -0.2) is 17.9 Å². The third-order valence-corrected chi connectivity index (χ3v) is 7.28. The molecular weight excluding hydrogens is 508 g/mol. The Morgan fingerprint density at radius 3 is 2.35 bits per heavy atom. The monoisotopic (exact) mass is 529 g/mol. The number of nitrogens with one attached hydrogen (secondary N) is 2. The summed E-state index contributed by atoms with van der Waals surface area (Å²) in [6, 6.07) is 6.44. The molecule has 1 aliphatic rings. The highest BCUT2D eigenvalue weighted by molar-refractivity contribution is 7.89. The Balaban J connectivity index is 1.76. The molecule has 1 unspecified atom stereocenters. The normalized spacial score (nSPS) is 16.8. The number of carbonyl (C=O) groups excluding carboxylic acids is 3. The van der Waals surface area contributed by atoms with Gasteiger partial charge in [0.15, 0.2) is 0 Å². The van der Waals surface area contributed by atoms with Crippen LogP contribution in [0, 0.1) is 5.82 Å². The molecule has 12 heteroatoms. The number of hydrogen-bond acceptors (Lipinski definition) is 5. The second-order valence-corrected chi connectivity index (χ2v) is 10.8. The van der Waals surface area contributed by atoms with Gasteiger partial charge in [0.25, 0.3) is 0 Å². The first kappa shape index (κ1) is 26.1. The fourth-order valence-electron chi connectivity index (χ4n) is 3.70. The van der Waals surface area contributed by atoms with E-state index in [4.69, 9.17) is 28.3 Å². The van der Waals surface area contributed by atoms with E-state index in [1.54, 1.807) is 26.0 Å². The molecule has 0 aromatic heterocycles. The molecule has 0 saturated carbocycles. The van der Waals surface area contributed by atoms with Gasteiger partial charge in [-0.15, -0.1) is 0 Å². The van der Waals surface area contributed by atoms with Crippen molar-refractivity contribution in [2.45, 2.75) is 49.5 Å². The minimum atomic E-state index is -4.23. The van der Waals surface area contributed by atoms with Crippen LogP contribution in [0.25, 0.3) is 0 Å². The largest absolute Gasteiger partial charge is 0.351 e. The molecule has 1 atom stereocenters. The van der Waals surface area contributed by atoms with Crippen molar-refractivity contribution in [2.75, 3.05) is 0 Å². The molecule has 1 saturated heterocycles. The zero-order chi connectivity index (χ0) is 25.4. The summed E-state index contributed by atoms with van der Waals surface area (Å²) in [6.07, 6.45) is 0.462. The van der Waals surface area contributed by atoms with Crippen LogP contribution in [0.3, 0.4) is 0 Å². The van der Waals surface area contributed by atoms with Gasteiger partial charge >= 0.3 is 0 Å². The molecule has 0 radical (unpaired) electrons. The number of amides is 3. The lowest BCUT2D eigenvalue weighted by atomic mass is 9.83. The molecule has 2 aromatic rings. The maximum Gasteiger partial charge on any atom is 0.240 e. The first-order valence-electron chi connectivity index (χ1n) is 10.1. The zero-order valence-electron chi connectivity index (χ0n) is 18.2. The molecule has 8 nitrogen and oxygen atoms in total. The minimum Gasteiger partial charge on any atom is -0.351 e. The third-order valence-electron chi connectivity index (χ3n) is 5.71. The van der Waals surface area contributed by atoms with Crippen LogP contribution in [-0.4, -0.2) is 26.1 Å². The topological polar surface area (TPSA) is 135 Å². The maximum absolute atomic E-state index is 14.3. The molecule has 4 N–H and O–H groups in total. The molecule has 0 bridgehead atoms. The number of hydrogen-bond donors (Lipinski definition) is 3. The van der Waals surface area contributed by atoms with E-state index >= 15 is 0 Å². The first-order valence-corrected chi connectivity index (χ1v) is 12.4. The number of imide groups is 1. The molecule has 1 aliphatic heterocycles. The van der Waals surface area contributed by atoms with Crippen LogP contribution in [-0.2, 0) is 36.4 Å². The Hall–Kier alpha value is -2.53. The Bertz CT molecular complexity index is 1270. The summed E-state index contributed by atoms with van der Waals surface area (Å²) in [5.74, 6) is -2.99. The van der Waals surface area contributed by atoms with Crippen molar-refractivity contribution < 1.29 is 27.2 Å². The molecule has 0 spiro atoms. The number of piperidine rings is 1. The fourth-order valence-corrected chi connectivity index (χ4v) is 5.08. The van der Waals surface area contributed by atoms with E-state index in [2.05, 4.69) is 10.6 Å². The third kappa shape index (κ3) is 5.41. The van der Waals surface area contributed by atoms with Crippen molar-refractivity contribution in [3.63, 3.8) is 0 Å². The number of sulfonamides is 1. The average Bonchev–Trinajstić information content (AvgIpc) is 2.72. The summed E-state index contributed by atoms with van der Waals surface area (Å²) < 4.78 is 37.1. The number of halogens is 3. The molecule has 0 aliphatic carbocycles. The van der Waals surface area contributed by atoms with Crippen molar-refractivity contribution >= 4 is 50.9 Å². The van der Waals surface area contributed by atoms with Crippen molar-refractivity contribution in [1.29, 1.82) is 0 Å². The van der Waals surface area contributed by atoms with Crippen LogP contribution >= 0.6 is 23.2 Å². The summed E-state index contributed by atoms with van der Waals surface area (Å²) in [7, 11) is -4.23. The molecule has 182 valence electrons. The van der Waals surface area contributed by atoms with Gasteiger partial charge in [-0.1, -0.05) is 29.3 Å². The van der Waals surface area contributed by atoms with Crippen molar-refractivity contribution in [3.8, 4) is 0 Å². The lowest BCUT2D eigenvalue weighted by molar-refractivity contribution is -0.134. The van der Waals surface area contributed by atoms with E-state index in [1.807, 2.05) is 0 Å². The van der Waals surface area contributed by atoms with Crippen molar-refractivity contribution in [2.24, 2.45) is 5.14 Å². The lowest BCUT2D eigenvalue weighted by Crippen LogP contribution is -2.40. The highest BCUT2D eigenvalue weighted by Crippen LogP contribution is 2.37. The van der Waals surface area contributed by atoms with Crippen LogP contribution < -0.4 is 15.8 Å². The van der Waals surface area contributed by atoms with Gasteiger partial charge in [0.1, 0.15) is 10.7 Å². The van der Waals surface area contributed by atoms with E-state index in [-0.39, 0.29) is 40.9 Å². The Morgan fingerprint density at radius 2 is 1.82 bits per heavy atom. The second kappa shape index (κ2) is 9.61. The van der Waals surface area contributed by atoms with Crippen molar-refractivity contribution in [1.82, 2.24) is 10.6 Å². The van der Waals surface area contributed by atoms with Gasteiger partial charge in [0, 0.05) is 28.6 Å². The number of nitrogens with two attached hydrogens (primary N) is 1. The van der Waals surface area contributed by atoms with Gasteiger partial charge in [-0.2, -0.15) is 0 Å². The average molecular weight is 530 g/mol. The minimum absolute atomic E-state index is 0.0368. The smallest absolute Gasteiger partial charge is 0.240 e.